The van der Waals surface area contributed by atoms with Crippen molar-refractivity contribution in [3.05, 3.63) is 87.4 Å². The maximum Gasteiger partial charge on any atom is 0.257 e. The van der Waals surface area contributed by atoms with Crippen molar-refractivity contribution in [1.82, 2.24) is 24.7 Å². The summed E-state index contributed by atoms with van der Waals surface area (Å²) in [6.45, 7) is 9.61. The molecule has 1 amide bonds. The largest absolute Gasteiger partial charge is 0.379 e. The van der Waals surface area contributed by atoms with Crippen LogP contribution in [0, 0.1) is 5.82 Å². The van der Waals surface area contributed by atoms with Gasteiger partial charge in [-0.2, -0.15) is 0 Å². The van der Waals surface area contributed by atoms with Crippen LogP contribution < -0.4 is 4.90 Å². The first-order chi connectivity index (χ1) is 21.0. The van der Waals surface area contributed by atoms with Crippen molar-refractivity contribution < 1.29 is 13.9 Å². The Morgan fingerprint density at radius 1 is 0.930 bits per heavy atom. The molecule has 6 rings (SSSR count). The number of hydrogen-bond donors (Lipinski definition) is 0. The summed E-state index contributed by atoms with van der Waals surface area (Å²) in [5.74, 6) is 0.390. The van der Waals surface area contributed by atoms with Crippen molar-refractivity contribution in [1.29, 1.82) is 0 Å². The fourth-order valence-electron chi connectivity index (χ4n) is 6.36. The fourth-order valence-corrected chi connectivity index (χ4v) is 6.62. The minimum Gasteiger partial charge on any atom is -0.379 e. The van der Waals surface area contributed by atoms with E-state index in [0.29, 0.717) is 37.4 Å². The summed E-state index contributed by atoms with van der Waals surface area (Å²) < 4.78 is 20.4. The number of aryl methyl sites for hydroxylation is 2. The molecule has 228 valence electrons. The number of rotatable bonds is 9. The van der Waals surface area contributed by atoms with Gasteiger partial charge >= 0.3 is 0 Å². The lowest BCUT2D eigenvalue weighted by molar-refractivity contribution is 0.0293. The normalized spacial score (nSPS) is 20.1. The number of aromatic nitrogens is 2. The first-order valence-corrected chi connectivity index (χ1v) is 16.3. The Labute approximate surface area is 262 Å². The van der Waals surface area contributed by atoms with E-state index < -0.39 is 0 Å². The fraction of sp³-hybridized carbons (Fsp3) is 0.485. The molecule has 0 radical (unpaired) electrons. The molecule has 1 atom stereocenters. The number of ether oxygens (including phenoxy) is 1. The van der Waals surface area contributed by atoms with E-state index in [1.807, 2.05) is 11.0 Å². The first-order valence-electron chi connectivity index (χ1n) is 15.5. The summed E-state index contributed by atoms with van der Waals surface area (Å²) in [7, 11) is 0. The van der Waals surface area contributed by atoms with Crippen molar-refractivity contribution in [2.45, 2.75) is 31.7 Å². The molecule has 0 spiro atoms. The predicted octanol–water partition coefficient (Wildman–Crippen LogP) is 4.59. The first kappa shape index (κ1) is 30.1. The van der Waals surface area contributed by atoms with E-state index in [2.05, 4.69) is 54.9 Å². The number of anilines is 1. The molecule has 3 aliphatic heterocycles. The minimum absolute atomic E-state index is 0.0143. The molecular formula is C33H40BrFN6O2. The van der Waals surface area contributed by atoms with Gasteiger partial charge in [0.15, 0.2) is 0 Å². The van der Waals surface area contributed by atoms with E-state index in [0.717, 1.165) is 87.6 Å². The van der Waals surface area contributed by atoms with Gasteiger partial charge in [-0.1, -0.05) is 40.2 Å². The standard InChI is InChI=1S/C33H40BrFN6O2/c34-27-9-7-26(8-10-27)31-5-2-12-41(31)33-36-24-29(30(37-33)11-6-25-3-1-4-28(35)23-25)32(42)40-17-15-38(16-18-40)13-14-39-19-21-43-22-20-39/h1,3-4,7-10,23-24,31H,2,5-6,11-22H2. The Hall–Kier alpha value is -2.92. The van der Waals surface area contributed by atoms with Crippen molar-refractivity contribution in [2.24, 2.45) is 0 Å². The van der Waals surface area contributed by atoms with Crippen LogP contribution in [-0.2, 0) is 17.6 Å². The second kappa shape index (κ2) is 14.2. The Morgan fingerprint density at radius 3 is 2.42 bits per heavy atom. The third kappa shape index (κ3) is 7.60. The SMILES string of the molecule is O=C(c1cnc(N2CCCC2c2ccc(Br)cc2)nc1CCc1cccc(F)c1)N1CCN(CCN2CCOCC2)CC1. The van der Waals surface area contributed by atoms with Crippen LogP contribution in [-0.4, -0.2) is 103 Å². The molecule has 1 unspecified atom stereocenters. The second-order valence-electron chi connectivity index (χ2n) is 11.7. The lowest BCUT2D eigenvalue weighted by atomic mass is 10.0. The van der Waals surface area contributed by atoms with E-state index in [4.69, 9.17) is 14.7 Å². The third-order valence-electron chi connectivity index (χ3n) is 8.89. The highest BCUT2D eigenvalue weighted by Crippen LogP contribution is 2.35. The Morgan fingerprint density at radius 2 is 1.67 bits per heavy atom. The summed E-state index contributed by atoms with van der Waals surface area (Å²) in [6.07, 6.45) is 4.95. The summed E-state index contributed by atoms with van der Waals surface area (Å²) >= 11 is 3.54. The number of nitrogens with zero attached hydrogens (tertiary/aromatic N) is 6. The van der Waals surface area contributed by atoms with Crippen molar-refractivity contribution in [3.8, 4) is 0 Å². The van der Waals surface area contributed by atoms with Gasteiger partial charge in [0.05, 0.1) is 30.5 Å². The molecule has 3 fully saturated rings. The predicted molar refractivity (Wildman–Crippen MR) is 169 cm³/mol. The molecule has 3 aliphatic rings. The van der Waals surface area contributed by atoms with Crippen LogP contribution >= 0.6 is 15.9 Å². The lowest BCUT2D eigenvalue weighted by Gasteiger charge is -2.36. The molecule has 0 N–H and O–H groups in total. The highest BCUT2D eigenvalue weighted by Gasteiger charge is 2.30. The smallest absolute Gasteiger partial charge is 0.257 e. The monoisotopic (exact) mass is 650 g/mol. The van der Waals surface area contributed by atoms with Crippen molar-refractivity contribution >= 4 is 27.8 Å². The Kier molecular flexibility index (Phi) is 9.98. The molecule has 0 saturated carbocycles. The van der Waals surface area contributed by atoms with Crippen molar-refractivity contribution in [2.75, 3.05) is 77.0 Å². The highest BCUT2D eigenvalue weighted by atomic mass is 79.9. The van der Waals surface area contributed by atoms with Crippen LogP contribution in [0.4, 0.5) is 10.3 Å². The van der Waals surface area contributed by atoms with E-state index >= 15 is 0 Å². The molecule has 3 saturated heterocycles. The topological polar surface area (TPSA) is 65.0 Å². The van der Waals surface area contributed by atoms with Gasteiger partial charge < -0.3 is 14.5 Å². The quantitative estimate of drug-likeness (QED) is 0.336. The molecule has 8 nitrogen and oxygen atoms in total. The van der Waals surface area contributed by atoms with Crippen LogP contribution in [0.25, 0.3) is 0 Å². The maximum atomic E-state index is 13.9. The highest BCUT2D eigenvalue weighted by molar-refractivity contribution is 9.10. The molecule has 10 heteroatoms. The van der Waals surface area contributed by atoms with Gasteiger partial charge in [0.1, 0.15) is 5.82 Å². The van der Waals surface area contributed by atoms with Gasteiger partial charge in [-0.3, -0.25) is 14.6 Å². The summed E-state index contributed by atoms with van der Waals surface area (Å²) in [6, 6.07) is 15.3. The van der Waals surface area contributed by atoms with Crippen LogP contribution in [0.15, 0.2) is 59.2 Å². The minimum atomic E-state index is -0.252. The van der Waals surface area contributed by atoms with E-state index in [1.165, 1.54) is 11.6 Å². The second-order valence-corrected chi connectivity index (χ2v) is 12.6. The van der Waals surface area contributed by atoms with E-state index in [-0.39, 0.29) is 17.8 Å². The van der Waals surface area contributed by atoms with Crippen LogP contribution in [0.2, 0.25) is 0 Å². The summed E-state index contributed by atoms with van der Waals surface area (Å²) in [4.78, 5) is 32.8. The molecule has 43 heavy (non-hydrogen) atoms. The van der Waals surface area contributed by atoms with E-state index in [9.17, 15) is 9.18 Å². The van der Waals surface area contributed by atoms with E-state index in [1.54, 1.807) is 18.3 Å². The van der Waals surface area contributed by atoms with Gasteiger partial charge in [0.2, 0.25) is 5.95 Å². The molecule has 4 heterocycles. The zero-order valence-electron chi connectivity index (χ0n) is 24.6. The number of amides is 1. The summed E-state index contributed by atoms with van der Waals surface area (Å²) in [5, 5.41) is 0. The van der Waals surface area contributed by atoms with Crippen LogP contribution in [0.1, 0.15) is 46.1 Å². The Balaban J connectivity index is 1.17. The van der Waals surface area contributed by atoms with Gasteiger partial charge in [-0.05, 0) is 61.1 Å². The summed E-state index contributed by atoms with van der Waals surface area (Å²) in [5.41, 5.74) is 3.41. The van der Waals surface area contributed by atoms with Gasteiger partial charge in [-0.25, -0.2) is 14.4 Å². The number of piperazine rings is 1. The molecule has 3 aromatic rings. The number of benzene rings is 2. The molecule has 2 aromatic carbocycles. The maximum absolute atomic E-state index is 13.9. The van der Waals surface area contributed by atoms with Gasteiger partial charge in [0, 0.05) is 69.6 Å². The number of carbonyl (C=O) groups excluding carboxylic acids is 1. The third-order valence-corrected chi connectivity index (χ3v) is 9.41. The zero-order valence-corrected chi connectivity index (χ0v) is 26.2. The zero-order chi connectivity index (χ0) is 29.6. The number of hydrogen-bond acceptors (Lipinski definition) is 7. The number of carbonyl (C=O) groups is 1. The molecular weight excluding hydrogens is 611 g/mol. The van der Waals surface area contributed by atoms with Crippen LogP contribution in [0.5, 0.6) is 0 Å². The number of halogens is 2. The molecule has 1 aromatic heterocycles. The van der Waals surface area contributed by atoms with Gasteiger partial charge in [0.25, 0.3) is 5.91 Å². The van der Waals surface area contributed by atoms with Crippen molar-refractivity contribution in [3.63, 3.8) is 0 Å². The van der Waals surface area contributed by atoms with Crippen LogP contribution in [0.3, 0.4) is 0 Å². The molecule has 0 bridgehead atoms. The number of morpholine rings is 1. The Bertz CT molecular complexity index is 1380. The molecule has 0 aliphatic carbocycles. The lowest BCUT2D eigenvalue weighted by Crippen LogP contribution is -2.51. The van der Waals surface area contributed by atoms with Gasteiger partial charge in [-0.15, -0.1) is 0 Å². The average molecular weight is 652 g/mol. The average Bonchev–Trinajstić information content (AvgIpc) is 3.54.